The van der Waals surface area contributed by atoms with Gasteiger partial charge in [0.1, 0.15) is 5.15 Å². The molecule has 0 aliphatic heterocycles. The van der Waals surface area contributed by atoms with Crippen molar-refractivity contribution >= 4 is 28.7 Å². The Hall–Kier alpha value is -2.47. The topological polar surface area (TPSA) is 55.1 Å². The largest absolute Gasteiger partial charge is 0.464 e. The van der Waals surface area contributed by atoms with Gasteiger partial charge in [0.05, 0.1) is 5.69 Å². The van der Waals surface area contributed by atoms with Crippen LogP contribution in [0.3, 0.4) is 0 Å². The second-order valence-electron chi connectivity index (χ2n) is 6.98. The first-order valence-electron chi connectivity index (χ1n) is 7.95. The zero-order chi connectivity index (χ0) is 19.2. The van der Waals surface area contributed by atoms with Crippen molar-refractivity contribution in [3.63, 3.8) is 0 Å². The molecule has 0 saturated carbocycles. The van der Waals surface area contributed by atoms with E-state index in [1.165, 1.54) is 18.2 Å². The molecule has 1 aromatic carbocycles. The van der Waals surface area contributed by atoms with E-state index in [9.17, 15) is 18.7 Å². The molecule has 0 fully saturated rings. The maximum atomic E-state index is 13.6. The summed E-state index contributed by atoms with van der Waals surface area (Å²) in [7, 11) is 0. The molecule has 136 valence electrons. The normalized spacial score (nSPS) is 12.1. The van der Waals surface area contributed by atoms with Gasteiger partial charge in [-0.25, -0.2) is 23.1 Å². The van der Waals surface area contributed by atoms with E-state index in [0.29, 0.717) is 10.9 Å². The first-order valence-corrected chi connectivity index (χ1v) is 8.33. The monoisotopic (exact) mass is 378 g/mol. The molecule has 1 N–H and O–H groups in total. The standard InChI is InChI=1S/C19H17ClF2N2O2/c1-19(2,3)14-12-8-9-13(20)23-17(12)24(18(25)26)15(14)10-6-4-5-7-11(10)16(21)22/h4-9,16H,1-3H3,(H,25,26). The van der Waals surface area contributed by atoms with Gasteiger partial charge in [0.25, 0.3) is 6.43 Å². The van der Waals surface area contributed by atoms with Gasteiger partial charge < -0.3 is 5.11 Å². The average Bonchev–Trinajstić information content (AvgIpc) is 2.89. The SMILES string of the molecule is CC(C)(C)c1c(-c2ccccc2C(F)F)n(C(=O)O)c2nc(Cl)ccc12. The second kappa shape index (κ2) is 6.36. The Morgan fingerprint density at radius 2 is 1.85 bits per heavy atom. The molecule has 0 bridgehead atoms. The summed E-state index contributed by atoms with van der Waals surface area (Å²) in [5.74, 6) is 0. The predicted octanol–water partition coefficient (Wildman–Crippen LogP) is 6.12. The molecule has 0 unspecified atom stereocenters. The molecule has 0 saturated heterocycles. The van der Waals surface area contributed by atoms with Crippen LogP contribution in [0, 0.1) is 0 Å². The van der Waals surface area contributed by atoms with Crippen LogP contribution in [-0.4, -0.2) is 20.8 Å². The third-order valence-corrected chi connectivity index (χ3v) is 4.39. The number of halogens is 3. The highest BCUT2D eigenvalue weighted by atomic mass is 35.5. The highest BCUT2D eigenvalue weighted by molar-refractivity contribution is 6.29. The molecule has 26 heavy (non-hydrogen) atoms. The maximum absolute atomic E-state index is 13.6. The van der Waals surface area contributed by atoms with Crippen LogP contribution in [0.4, 0.5) is 13.6 Å². The number of hydrogen-bond donors (Lipinski definition) is 1. The van der Waals surface area contributed by atoms with Crippen molar-refractivity contribution in [3.8, 4) is 11.3 Å². The minimum atomic E-state index is -2.74. The number of benzene rings is 1. The molecule has 0 atom stereocenters. The van der Waals surface area contributed by atoms with Gasteiger partial charge in [0.2, 0.25) is 0 Å². The van der Waals surface area contributed by atoms with Crippen molar-refractivity contribution in [2.75, 3.05) is 0 Å². The number of nitrogens with zero attached hydrogens (tertiary/aromatic N) is 2. The molecule has 0 spiro atoms. The molecule has 0 amide bonds. The number of rotatable bonds is 2. The zero-order valence-electron chi connectivity index (χ0n) is 14.4. The van der Waals surface area contributed by atoms with Crippen LogP contribution >= 0.6 is 11.6 Å². The molecule has 2 aromatic heterocycles. The highest BCUT2D eigenvalue weighted by Gasteiger charge is 2.32. The first kappa shape index (κ1) is 18.3. The summed E-state index contributed by atoms with van der Waals surface area (Å²) in [5.41, 5.74) is 0.393. The Morgan fingerprint density at radius 1 is 1.19 bits per heavy atom. The maximum Gasteiger partial charge on any atom is 0.417 e. The molecule has 0 aliphatic carbocycles. The Bertz CT molecular complexity index is 1010. The van der Waals surface area contributed by atoms with Crippen molar-refractivity contribution in [3.05, 3.63) is 52.7 Å². The van der Waals surface area contributed by atoms with E-state index in [-0.39, 0.29) is 27.6 Å². The van der Waals surface area contributed by atoms with Crippen LogP contribution in [0.15, 0.2) is 36.4 Å². The molecule has 0 radical (unpaired) electrons. The Balaban J connectivity index is 2.57. The minimum Gasteiger partial charge on any atom is -0.464 e. The van der Waals surface area contributed by atoms with Crippen molar-refractivity contribution in [1.82, 2.24) is 9.55 Å². The van der Waals surface area contributed by atoms with Crippen LogP contribution in [-0.2, 0) is 5.41 Å². The summed E-state index contributed by atoms with van der Waals surface area (Å²) < 4.78 is 28.1. The lowest BCUT2D eigenvalue weighted by Gasteiger charge is -2.22. The average molecular weight is 379 g/mol. The summed E-state index contributed by atoms with van der Waals surface area (Å²) >= 11 is 5.96. The Morgan fingerprint density at radius 3 is 2.42 bits per heavy atom. The summed E-state index contributed by atoms with van der Waals surface area (Å²) in [5, 5.41) is 10.5. The van der Waals surface area contributed by atoms with Gasteiger partial charge in [-0.2, -0.15) is 0 Å². The van der Waals surface area contributed by atoms with Crippen molar-refractivity contribution < 1.29 is 18.7 Å². The minimum absolute atomic E-state index is 0.131. The number of carbonyl (C=O) groups is 1. The van der Waals surface area contributed by atoms with Crippen LogP contribution in [0.5, 0.6) is 0 Å². The number of alkyl halides is 2. The van der Waals surface area contributed by atoms with Gasteiger partial charge in [-0.15, -0.1) is 0 Å². The summed E-state index contributed by atoms with van der Waals surface area (Å²) in [6.07, 6.45) is -4.05. The van der Waals surface area contributed by atoms with Gasteiger partial charge in [0, 0.05) is 16.5 Å². The van der Waals surface area contributed by atoms with E-state index in [4.69, 9.17) is 11.6 Å². The fraction of sp³-hybridized carbons (Fsp3) is 0.263. The zero-order valence-corrected chi connectivity index (χ0v) is 15.2. The van der Waals surface area contributed by atoms with Crippen LogP contribution in [0.1, 0.15) is 38.3 Å². The van der Waals surface area contributed by atoms with Crippen molar-refractivity contribution in [2.24, 2.45) is 0 Å². The molecule has 2 heterocycles. The van der Waals surface area contributed by atoms with E-state index >= 15 is 0 Å². The molecule has 4 nitrogen and oxygen atoms in total. The quantitative estimate of drug-likeness (QED) is 0.546. The molecule has 3 aromatic rings. The first-order chi connectivity index (χ1) is 12.1. The smallest absolute Gasteiger partial charge is 0.417 e. The van der Waals surface area contributed by atoms with E-state index in [1.807, 2.05) is 20.8 Å². The van der Waals surface area contributed by atoms with Gasteiger partial charge in [-0.1, -0.05) is 56.6 Å². The second-order valence-corrected chi connectivity index (χ2v) is 7.37. The number of hydrogen-bond acceptors (Lipinski definition) is 2. The van der Waals surface area contributed by atoms with Gasteiger partial charge >= 0.3 is 6.09 Å². The number of pyridine rings is 1. The summed E-state index contributed by atoms with van der Waals surface area (Å²) in [6.45, 7) is 5.70. The lowest BCUT2D eigenvalue weighted by Crippen LogP contribution is -2.16. The van der Waals surface area contributed by atoms with Crippen LogP contribution < -0.4 is 0 Å². The summed E-state index contributed by atoms with van der Waals surface area (Å²) in [4.78, 5) is 16.2. The lowest BCUT2D eigenvalue weighted by molar-refractivity contribution is 0.152. The van der Waals surface area contributed by atoms with Crippen LogP contribution in [0.25, 0.3) is 22.3 Å². The molecular formula is C19H17ClF2N2O2. The van der Waals surface area contributed by atoms with Crippen molar-refractivity contribution in [1.29, 1.82) is 0 Å². The molecule has 3 rings (SSSR count). The van der Waals surface area contributed by atoms with Gasteiger partial charge in [-0.3, -0.25) is 0 Å². The Kier molecular flexibility index (Phi) is 4.48. The Labute approximate surface area is 154 Å². The third kappa shape index (κ3) is 2.94. The highest BCUT2D eigenvalue weighted by Crippen LogP contribution is 2.43. The van der Waals surface area contributed by atoms with E-state index in [2.05, 4.69) is 4.98 Å². The number of carboxylic acid groups (broad SMARTS) is 1. The summed E-state index contributed by atoms with van der Waals surface area (Å²) in [6, 6.07) is 9.17. The van der Waals surface area contributed by atoms with E-state index in [0.717, 1.165) is 4.57 Å². The third-order valence-electron chi connectivity index (χ3n) is 4.17. The van der Waals surface area contributed by atoms with Crippen LogP contribution in [0.2, 0.25) is 5.15 Å². The number of fused-ring (bicyclic) bond motifs is 1. The molecular weight excluding hydrogens is 362 g/mol. The van der Waals surface area contributed by atoms with E-state index < -0.39 is 17.9 Å². The lowest BCUT2D eigenvalue weighted by atomic mass is 9.83. The van der Waals surface area contributed by atoms with Gasteiger partial charge in [0.15, 0.2) is 5.65 Å². The van der Waals surface area contributed by atoms with Crippen molar-refractivity contribution in [2.45, 2.75) is 32.6 Å². The fourth-order valence-corrected chi connectivity index (χ4v) is 3.38. The van der Waals surface area contributed by atoms with Gasteiger partial charge in [-0.05, 0) is 23.1 Å². The fourth-order valence-electron chi connectivity index (χ4n) is 3.24. The molecule has 7 heteroatoms. The van der Waals surface area contributed by atoms with E-state index in [1.54, 1.807) is 18.2 Å². The number of aromatic nitrogens is 2. The molecule has 0 aliphatic rings. The predicted molar refractivity (Wildman–Crippen MR) is 97.3 cm³/mol.